The number of methoxy groups -OCH3 is 1. The number of halogens is 1. The average Bonchev–Trinajstić information content (AvgIpc) is 2.34. The number of ether oxygens (including phenoxy) is 2. The lowest BCUT2D eigenvalue weighted by Gasteiger charge is -2.05. The molecule has 0 saturated heterocycles. The number of hydrogen-bond donors (Lipinski definition) is 0. The van der Waals surface area contributed by atoms with Crippen LogP contribution in [-0.2, 0) is 9.47 Å². The predicted molar refractivity (Wildman–Crippen MR) is 64.9 cm³/mol. The minimum atomic E-state index is -0.764. The molecule has 0 fully saturated rings. The van der Waals surface area contributed by atoms with Crippen molar-refractivity contribution in [2.45, 2.75) is 6.42 Å². The van der Waals surface area contributed by atoms with Crippen molar-refractivity contribution < 1.29 is 19.2 Å². The van der Waals surface area contributed by atoms with Crippen LogP contribution < -0.4 is 0 Å². The van der Waals surface area contributed by atoms with Crippen LogP contribution >= 0.6 is 11.6 Å². The van der Waals surface area contributed by atoms with Crippen molar-refractivity contribution >= 4 is 23.3 Å². The van der Waals surface area contributed by atoms with E-state index in [1.165, 1.54) is 25.3 Å². The maximum atomic E-state index is 11.7. The number of benzene rings is 1. The second kappa shape index (κ2) is 6.93. The lowest BCUT2D eigenvalue weighted by Crippen LogP contribution is -2.10. The van der Waals surface area contributed by atoms with Crippen molar-refractivity contribution in [3.05, 3.63) is 38.9 Å². The quantitative estimate of drug-likeness (QED) is 0.344. The zero-order valence-electron chi connectivity index (χ0n) is 9.72. The maximum absolute atomic E-state index is 11.7. The minimum absolute atomic E-state index is 0.135. The van der Waals surface area contributed by atoms with E-state index in [2.05, 4.69) is 0 Å². The van der Waals surface area contributed by atoms with Gasteiger partial charge in [-0.3, -0.25) is 10.1 Å². The second-order valence-corrected chi connectivity index (χ2v) is 3.84. The summed E-state index contributed by atoms with van der Waals surface area (Å²) in [5.41, 5.74) is -0.471. The molecule has 7 heteroatoms. The van der Waals surface area contributed by atoms with Crippen molar-refractivity contribution in [1.29, 1.82) is 0 Å². The highest BCUT2D eigenvalue weighted by atomic mass is 35.5. The number of carbonyl (C=O) groups excluding carboxylic acids is 1. The predicted octanol–water partition coefficient (Wildman–Crippen LogP) is 2.44. The van der Waals surface area contributed by atoms with Gasteiger partial charge in [0.05, 0.1) is 11.5 Å². The first-order chi connectivity index (χ1) is 8.56. The van der Waals surface area contributed by atoms with Crippen molar-refractivity contribution in [3.63, 3.8) is 0 Å². The molecular formula is C11H12ClNO5. The van der Waals surface area contributed by atoms with Crippen LogP contribution in [-0.4, -0.2) is 31.2 Å². The Labute approximate surface area is 109 Å². The number of hydrogen-bond acceptors (Lipinski definition) is 5. The summed E-state index contributed by atoms with van der Waals surface area (Å²) in [6.07, 6.45) is 0.524. The van der Waals surface area contributed by atoms with E-state index >= 15 is 0 Å². The monoisotopic (exact) mass is 273 g/mol. The molecule has 0 aromatic heterocycles. The van der Waals surface area contributed by atoms with Crippen molar-refractivity contribution in [1.82, 2.24) is 0 Å². The Kier molecular flexibility index (Phi) is 5.54. The van der Waals surface area contributed by atoms with Crippen LogP contribution in [0.2, 0.25) is 5.02 Å². The number of nitro benzene ring substituents is 1. The molecule has 1 rings (SSSR count). The third-order valence-corrected chi connectivity index (χ3v) is 2.34. The Morgan fingerprint density at radius 1 is 1.44 bits per heavy atom. The first-order valence-corrected chi connectivity index (χ1v) is 5.54. The van der Waals surface area contributed by atoms with Crippen molar-refractivity contribution in [2.75, 3.05) is 20.3 Å². The minimum Gasteiger partial charge on any atom is -0.462 e. The smallest absolute Gasteiger partial charge is 0.345 e. The highest BCUT2D eigenvalue weighted by Gasteiger charge is 2.21. The number of carbonyl (C=O) groups is 1. The molecule has 1 aromatic rings. The number of nitro groups is 1. The van der Waals surface area contributed by atoms with Gasteiger partial charge < -0.3 is 9.47 Å². The first kappa shape index (κ1) is 14.4. The summed E-state index contributed by atoms with van der Waals surface area (Å²) in [6, 6.07) is 3.74. The van der Waals surface area contributed by atoms with Crippen molar-refractivity contribution in [2.24, 2.45) is 0 Å². The number of nitrogens with zero attached hydrogens (tertiary/aromatic N) is 1. The SMILES string of the molecule is COCCCOC(=O)c1cc(Cl)ccc1[N+](=O)[O-]. The second-order valence-electron chi connectivity index (χ2n) is 3.40. The third-order valence-electron chi connectivity index (χ3n) is 2.10. The van der Waals surface area contributed by atoms with Crippen LogP contribution in [0.15, 0.2) is 18.2 Å². The van der Waals surface area contributed by atoms with Gasteiger partial charge in [0.15, 0.2) is 0 Å². The molecule has 0 heterocycles. The molecule has 1 aromatic carbocycles. The maximum Gasteiger partial charge on any atom is 0.345 e. The molecular weight excluding hydrogens is 262 g/mol. The highest BCUT2D eigenvalue weighted by molar-refractivity contribution is 6.31. The largest absolute Gasteiger partial charge is 0.462 e. The van der Waals surface area contributed by atoms with Gasteiger partial charge in [0.2, 0.25) is 0 Å². The van der Waals surface area contributed by atoms with E-state index in [0.29, 0.717) is 13.0 Å². The topological polar surface area (TPSA) is 78.7 Å². The summed E-state index contributed by atoms with van der Waals surface area (Å²) in [4.78, 5) is 21.8. The van der Waals surface area contributed by atoms with Gasteiger partial charge in [-0.1, -0.05) is 11.6 Å². The molecule has 98 valence electrons. The van der Waals surface area contributed by atoms with Gasteiger partial charge in [0.1, 0.15) is 5.56 Å². The Hall–Kier alpha value is -1.66. The van der Waals surface area contributed by atoms with Gasteiger partial charge >= 0.3 is 5.97 Å². The summed E-state index contributed by atoms with van der Waals surface area (Å²) in [5.74, 6) is -0.764. The number of esters is 1. The van der Waals surface area contributed by atoms with E-state index in [-0.39, 0.29) is 22.9 Å². The Bertz CT molecular complexity index is 449. The lowest BCUT2D eigenvalue weighted by molar-refractivity contribution is -0.385. The fraction of sp³-hybridized carbons (Fsp3) is 0.364. The molecule has 0 N–H and O–H groups in total. The molecule has 0 bridgehead atoms. The van der Waals surface area contributed by atoms with E-state index in [4.69, 9.17) is 21.1 Å². The Morgan fingerprint density at radius 3 is 2.78 bits per heavy atom. The van der Waals surface area contributed by atoms with Crippen LogP contribution in [0.1, 0.15) is 16.8 Å². The molecule has 0 aliphatic carbocycles. The molecule has 6 nitrogen and oxygen atoms in total. The first-order valence-electron chi connectivity index (χ1n) is 5.16. The molecule has 0 unspecified atom stereocenters. The number of rotatable bonds is 6. The Morgan fingerprint density at radius 2 is 2.17 bits per heavy atom. The van der Waals surface area contributed by atoms with Crippen LogP contribution in [0.5, 0.6) is 0 Å². The van der Waals surface area contributed by atoms with E-state index in [0.717, 1.165) is 0 Å². The van der Waals surface area contributed by atoms with Gasteiger partial charge in [0, 0.05) is 31.2 Å². The molecule has 0 saturated carbocycles. The molecule has 0 amide bonds. The van der Waals surface area contributed by atoms with Crippen LogP contribution in [0.25, 0.3) is 0 Å². The third kappa shape index (κ3) is 3.97. The van der Waals surface area contributed by atoms with Gasteiger partial charge in [-0.05, 0) is 12.1 Å². The molecule has 18 heavy (non-hydrogen) atoms. The Balaban J connectivity index is 2.77. The highest BCUT2D eigenvalue weighted by Crippen LogP contribution is 2.23. The van der Waals surface area contributed by atoms with E-state index < -0.39 is 10.9 Å². The standard InChI is InChI=1S/C11H12ClNO5/c1-17-5-2-6-18-11(14)9-7-8(12)3-4-10(9)13(15)16/h3-4,7H,2,5-6H2,1H3. The average molecular weight is 274 g/mol. The zero-order valence-corrected chi connectivity index (χ0v) is 10.5. The molecule has 0 aliphatic heterocycles. The fourth-order valence-corrected chi connectivity index (χ4v) is 1.45. The normalized spacial score (nSPS) is 10.1. The van der Waals surface area contributed by atoms with Gasteiger partial charge in [-0.2, -0.15) is 0 Å². The summed E-state index contributed by atoms with van der Waals surface area (Å²) in [7, 11) is 1.53. The van der Waals surface area contributed by atoms with E-state index in [1.807, 2.05) is 0 Å². The summed E-state index contributed by atoms with van der Waals surface area (Å²) in [5, 5.41) is 11.0. The van der Waals surface area contributed by atoms with Gasteiger partial charge in [-0.25, -0.2) is 4.79 Å². The van der Waals surface area contributed by atoms with Gasteiger partial charge in [0.25, 0.3) is 5.69 Å². The molecule has 0 spiro atoms. The van der Waals surface area contributed by atoms with Crippen LogP contribution in [0.3, 0.4) is 0 Å². The molecule has 0 radical (unpaired) electrons. The molecule has 0 aliphatic rings. The fourth-order valence-electron chi connectivity index (χ4n) is 1.28. The van der Waals surface area contributed by atoms with Crippen molar-refractivity contribution in [3.8, 4) is 0 Å². The summed E-state index contributed by atoms with van der Waals surface area (Å²) < 4.78 is 9.68. The zero-order chi connectivity index (χ0) is 13.5. The van der Waals surface area contributed by atoms with Crippen LogP contribution in [0, 0.1) is 10.1 Å². The van der Waals surface area contributed by atoms with E-state index in [9.17, 15) is 14.9 Å². The van der Waals surface area contributed by atoms with Gasteiger partial charge in [-0.15, -0.1) is 0 Å². The summed E-state index contributed by atoms with van der Waals surface area (Å²) >= 11 is 5.70. The lowest BCUT2D eigenvalue weighted by atomic mass is 10.2. The summed E-state index contributed by atoms with van der Waals surface area (Å²) in [6.45, 7) is 0.585. The molecule has 0 atom stereocenters. The van der Waals surface area contributed by atoms with Crippen LogP contribution in [0.4, 0.5) is 5.69 Å². The van der Waals surface area contributed by atoms with E-state index in [1.54, 1.807) is 0 Å².